The molecule has 1 amide bonds. The first kappa shape index (κ1) is 15.9. The molecule has 0 aromatic heterocycles. The lowest BCUT2D eigenvalue weighted by molar-refractivity contribution is -0.130. The Morgan fingerprint density at radius 2 is 2.00 bits per heavy atom. The van der Waals surface area contributed by atoms with Crippen LogP contribution in [0.2, 0.25) is 0 Å². The maximum Gasteiger partial charge on any atom is 0.233 e. The quantitative estimate of drug-likeness (QED) is 0.736. The molecule has 1 saturated heterocycles. The second kappa shape index (κ2) is 7.54. The molecule has 2 rings (SSSR count). The highest BCUT2D eigenvalue weighted by Gasteiger charge is 2.39. The van der Waals surface area contributed by atoms with Gasteiger partial charge in [0.2, 0.25) is 5.91 Å². The standard InChI is InChI=1S/C16H24N2O3/c1-21-12-16(7-9-17-10-8-16)15(20)18-14-4-2-13(3-5-14)6-11-19/h2-5,17,19H,6-12H2,1H3,(H,18,20). The summed E-state index contributed by atoms with van der Waals surface area (Å²) in [5.74, 6) is 0.0285. The lowest BCUT2D eigenvalue weighted by atomic mass is 9.78. The van der Waals surface area contributed by atoms with Gasteiger partial charge in [0.15, 0.2) is 0 Å². The van der Waals surface area contributed by atoms with Crippen molar-refractivity contribution in [3.63, 3.8) is 0 Å². The van der Waals surface area contributed by atoms with Crippen molar-refractivity contribution in [3.8, 4) is 0 Å². The van der Waals surface area contributed by atoms with Crippen molar-refractivity contribution in [2.75, 3.05) is 38.7 Å². The van der Waals surface area contributed by atoms with Gasteiger partial charge in [-0.15, -0.1) is 0 Å². The molecular weight excluding hydrogens is 268 g/mol. The minimum Gasteiger partial charge on any atom is -0.396 e. The molecular formula is C16H24N2O3. The number of aliphatic hydroxyl groups excluding tert-OH is 1. The summed E-state index contributed by atoms with van der Waals surface area (Å²) in [5, 5.41) is 15.2. The number of nitrogens with one attached hydrogen (secondary N) is 2. The van der Waals surface area contributed by atoms with Gasteiger partial charge in [-0.1, -0.05) is 12.1 Å². The SMILES string of the molecule is COCC1(C(=O)Nc2ccc(CCO)cc2)CCNCC1. The first-order valence-corrected chi connectivity index (χ1v) is 7.41. The fourth-order valence-electron chi connectivity index (χ4n) is 2.77. The zero-order valence-corrected chi connectivity index (χ0v) is 12.5. The molecule has 0 aliphatic carbocycles. The largest absolute Gasteiger partial charge is 0.396 e. The van der Waals surface area contributed by atoms with Gasteiger partial charge in [-0.05, 0) is 50.0 Å². The van der Waals surface area contributed by atoms with E-state index >= 15 is 0 Å². The highest BCUT2D eigenvalue weighted by Crippen LogP contribution is 2.30. The highest BCUT2D eigenvalue weighted by molar-refractivity contribution is 5.95. The molecule has 0 radical (unpaired) electrons. The summed E-state index contributed by atoms with van der Waals surface area (Å²) in [4.78, 5) is 12.6. The first-order valence-electron chi connectivity index (χ1n) is 7.41. The van der Waals surface area contributed by atoms with Crippen LogP contribution >= 0.6 is 0 Å². The summed E-state index contributed by atoms with van der Waals surface area (Å²) in [7, 11) is 1.64. The summed E-state index contributed by atoms with van der Waals surface area (Å²) < 4.78 is 5.28. The molecule has 5 nitrogen and oxygen atoms in total. The Morgan fingerprint density at radius 3 is 2.57 bits per heavy atom. The van der Waals surface area contributed by atoms with Gasteiger partial charge in [-0.2, -0.15) is 0 Å². The average molecular weight is 292 g/mol. The summed E-state index contributed by atoms with van der Waals surface area (Å²) in [6.45, 7) is 2.26. The van der Waals surface area contributed by atoms with Crippen LogP contribution in [-0.4, -0.2) is 44.4 Å². The molecule has 0 bridgehead atoms. The second-order valence-electron chi connectivity index (χ2n) is 5.59. The van der Waals surface area contributed by atoms with E-state index in [0.717, 1.165) is 37.2 Å². The molecule has 0 atom stereocenters. The summed E-state index contributed by atoms with van der Waals surface area (Å²) in [6, 6.07) is 7.61. The van der Waals surface area contributed by atoms with Gasteiger partial charge in [-0.25, -0.2) is 0 Å². The predicted octanol–water partition coefficient (Wildman–Crippen LogP) is 1.18. The van der Waals surface area contributed by atoms with Crippen LogP contribution in [0, 0.1) is 5.41 Å². The van der Waals surface area contributed by atoms with Crippen molar-refractivity contribution in [2.24, 2.45) is 5.41 Å². The molecule has 5 heteroatoms. The lowest BCUT2D eigenvalue weighted by Crippen LogP contribution is -2.47. The van der Waals surface area contributed by atoms with Gasteiger partial charge in [0, 0.05) is 19.4 Å². The Kier molecular flexibility index (Phi) is 5.73. The van der Waals surface area contributed by atoms with E-state index in [4.69, 9.17) is 9.84 Å². The lowest BCUT2D eigenvalue weighted by Gasteiger charge is -2.35. The number of anilines is 1. The Balaban J connectivity index is 2.04. The number of ether oxygens (including phenoxy) is 1. The summed E-state index contributed by atoms with van der Waals surface area (Å²) >= 11 is 0. The number of benzene rings is 1. The molecule has 1 heterocycles. The number of hydrogen-bond donors (Lipinski definition) is 3. The van der Waals surface area contributed by atoms with Crippen molar-refractivity contribution in [3.05, 3.63) is 29.8 Å². The van der Waals surface area contributed by atoms with Crippen molar-refractivity contribution in [1.82, 2.24) is 5.32 Å². The van der Waals surface area contributed by atoms with Crippen LogP contribution in [-0.2, 0) is 16.0 Å². The Labute approximate surface area is 125 Å². The average Bonchev–Trinajstić information content (AvgIpc) is 2.51. The molecule has 0 unspecified atom stereocenters. The maximum absolute atomic E-state index is 12.6. The van der Waals surface area contributed by atoms with Crippen LogP contribution in [0.25, 0.3) is 0 Å². The van der Waals surface area contributed by atoms with E-state index < -0.39 is 5.41 Å². The fraction of sp³-hybridized carbons (Fsp3) is 0.562. The molecule has 1 fully saturated rings. The molecule has 1 aliphatic heterocycles. The van der Waals surface area contributed by atoms with Gasteiger partial charge in [-0.3, -0.25) is 4.79 Å². The van der Waals surface area contributed by atoms with E-state index in [1.54, 1.807) is 7.11 Å². The van der Waals surface area contributed by atoms with E-state index in [-0.39, 0.29) is 12.5 Å². The summed E-state index contributed by atoms with van der Waals surface area (Å²) in [6.07, 6.45) is 2.21. The van der Waals surface area contributed by atoms with E-state index in [2.05, 4.69) is 10.6 Å². The molecule has 1 aliphatic rings. The molecule has 21 heavy (non-hydrogen) atoms. The highest BCUT2D eigenvalue weighted by atomic mass is 16.5. The van der Waals surface area contributed by atoms with Crippen LogP contribution in [0.5, 0.6) is 0 Å². The molecule has 0 saturated carbocycles. The first-order chi connectivity index (χ1) is 10.2. The Bertz CT molecular complexity index is 448. The Morgan fingerprint density at radius 1 is 1.33 bits per heavy atom. The van der Waals surface area contributed by atoms with Crippen LogP contribution in [0.1, 0.15) is 18.4 Å². The van der Waals surface area contributed by atoms with Crippen molar-refractivity contribution >= 4 is 11.6 Å². The minimum absolute atomic E-state index is 0.0285. The van der Waals surface area contributed by atoms with Crippen molar-refractivity contribution in [1.29, 1.82) is 0 Å². The molecule has 1 aromatic carbocycles. The third-order valence-corrected chi connectivity index (χ3v) is 4.08. The van der Waals surface area contributed by atoms with Crippen molar-refractivity contribution in [2.45, 2.75) is 19.3 Å². The van der Waals surface area contributed by atoms with Gasteiger partial charge >= 0.3 is 0 Å². The Hall–Kier alpha value is -1.43. The monoisotopic (exact) mass is 292 g/mol. The number of piperidine rings is 1. The zero-order valence-electron chi connectivity index (χ0n) is 12.5. The van der Waals surface area contributed by atoms with E-state index in [0.29, 0.717) is 13.0 Å². The maximum atomic E-state index is 12.6. The fourth-order valence-corrected chi connectivity index (χ4v) is 2.77. The third-order valence-electron chi connectivity index (χ3n) is 4.08. The number of hydrogen-bond acceptors (Lipinski definition) is 4. The molecule has 0 spiro atoms. The number of methoxy groups -OCH3 is 1. The topological polar surface area (TPSA) is 70.6 Å². The number of amides is 1. The normalized spacial score (nSPS) is 17.4. The summed E-state index contributed by atoms with van der Waals surface area (Å²) in [5.41, 5.74) is 1.41. The molecule has 1 aromatic rings. The van der Waals surface area contributed by atoms with Gasteiger partial charge < -0.3 is 20.5 Å². The van der Waals surface area contributed by atoms with Gasteiger partial charge in [0.05, 0.1) is 12.0 Å². The second-order valence-corrected chi connectivity index (χ2v) is 5.59. The number of carbonyl (C=O) groups is 1. The van der Waals surface area contributed by atoms with Crippen LogP contribution in [0.3, 0.4) is 0 Å². The smallest absolute Gasteiger partial charge is 0.233 e. The van der Waals surface area contributed by atoms with E-state index in [1.807, 2.05) is 24.3 Å². The van der Waals surface area contributed by atoms with Gasteiger partial charge in [0.1, 0.15) is 0 Å². The third kappa shape index (κ3) is 4.03. The van der Waals surface area contributed by atoms with Crippen LogP contribution < -0.4 is 10.6 Å². The molecule has 116 valence electrons. The minimum atomic E-state index is -0.441. The predicted molar refractivity (Wildman–Crippen MR) is 82.3 cm³/mol. The van der Waals surface area contributed by atoms with E-state index in [9.17, 15) is 4.79 Å². The number of carbonyl (C=O) groups excluding carboxylic acids is 1. The van der Waals surface area contributed by atoms with Crippen molar-refractivity contribution < 1.29 is 14.6 Å². The molecule has 3 N–H and O–H groups in total. The van der Waals surface area contributed by atoms with Crippen LogP contribution in [0.15, 0.2) is 24.3 Å². The zero-order chi connectivity index (χ0) is 15.1. The van der Waals surface area contributed by atoms with Gasteiger partial charge in [0.25, 0.3) is 0 Å². The van der Waals surface area contributed by atoms with E-state index in [1.165, 1.54) is 0 Å². The van der Waals surface area contributed by atoms with Crippen LogP contribution in [0.4, 0.5) is 5.69 Å². The number of rotatable bonds is 6. The number of aliphatic hydroxyl groups is 1.